The van der Waals surface area contributed by atoms with Crippen molar-refractivity contribution in [2.24, 2.45) is 11.8 Å². The van der Waals surface area contributed by atoms with Crippen LogP contribution in [0.1, 0.15) is 20.8 Å². The second kappa shape index (κ2) is 5.22. The molecule has 90 valence electrons. The van der Waals surface area contributed by atoms with Crippen molar-refractivity contribution in [3.63, 3.8) is 0 Å². The molecule has 2 aromatic carbocycles. The first-order valence-corrected chi connectivity index (χ1v) is 6.39. The van der Waals surface area contributed by atoms with E-state index in [-0.39, 0.29) is 0 Å². The minimum Gasteiger partial charge on any atom is -0.385 e. The Morgan fingerprint density at radius 2 is 1.65 bits per heavy atom. The van der Waals surface area contributed by atoms with Crippen LogP contribution in [-0.4, -0.2) is 6.54 Å². The fraction of sp³-hybridized carbons (Fsp3) is 0.375. The summed E-state index contributed by atoms with van der Waals surface area (Å²) in [5.41, 5.74) is 1.22. The Morgan fingerprint density at radius 1 is 0.941 bits per heavy atom. The van der Waals surface area contributed by atoms with Crippen LogP contribution in [0.2, 0.25) is 0 Å². The summed E-state index contributed by atoms with van der Waals surface area (Å²) in [5.74, 6) is 1.42. The van der Waals surface area contributed by atoms with Gasteiger partial charge in [-0.05, 0) is 34.7 Å². The molecule has 2 rings (SSSR count). The van der Waals surface area contributed by atoms with Crippen molar-refractivity contribution in [1.82, 2.24) is 0 Å². The Labute approximate surface area is 104 Å². The molecule has 1 N–H and O–H groups in total. The molecule has 0 bridgehead atoms. The molecule has 0 spiro atoms. The Morgan fingerprint density at radius 3 is 2.35 bits per heavy atom. The molecule has 0 aromatic heterocycles. The monoisotopic (exact) mass is 227 g/mol. The highest BCUT2D eigenvalue weighted by Crippen LogP contribution is 2.19. The van der Waals surface area contributed by atoms with Crippen LogP contribution < -0.4 is 5.32 Å². The molecular formula is C16H21N. The lowest BCUT2D eigenvalue weighted by Gasteiger charge is -2.17. The largest absolute Gasteiger partial charge is 0.385 e. The highest BCUT2D eigenvalue weighted by Gasteiger charge is 2.06. The summed E-state index contributed by atoms with van der Waals surface area (Å²) in [5, 5.41) is 6.12. The summed E-state index contributed by atoms with van der Waals surface area (Å²) in [4.78, 5) is 0. The highest BCUT2D eigenvalue weighted by molar-refractivity contribution is 5.85. The van der Waals surface area contributed by atoms with Crippen LogP contribution in [0.4, 0.5) is 5.69 Å². The molecule has 0 aliphatic heterocycles. The maximum Gasteiger partial charge on any atom is 0.0346 e. The highest BCUT2D eigenvalue weighted by atomic mass is 14.9. The molecule has 0 aliphatic rings. The van der Waals surface area contributed by atoms with E-state index in [9.17, 15) is 0 Å². The fourth-order valence-electron chi connectivity index (χ4n) is 1.81. The van der Waals surface area contributed by atoms with Crippen LogP contribution >= 0.6 is 0 Å². The summed E-state index contributed by atoms with van der Waals surface area (Å²) in [6.45, 7) is 7.87. The van der Waals surface area contributed by atoms with Crippen LogP contribution in [0.25, 0.3) is 10.8 Å². The molecule has 0 saturated carbocycles. The molecule has 2 aromatic rings. The minimum atomic E-state index is 0.696. The lowest BCUT2D eigenvalue weighted by Crippen LogP contribution is -2.16. The van der Waals surface area contributed by atoms with Gasteiger partial charge >= 0.3 is 0 Å². The van der Waals surface area contributed by atoms with Gasteiger partial charge < -0.3 is 5.32 Å². The predicted molar refractivity (Wildman–Crippen MR) is 76.4 cm³/mol. The molecule has 0 radical (unpaired) electrons. The third kappa shape index (κ3) is 3.00. The van der Waals surface area contributed by atoms with E-state index in [0.717, 1.165) is 12.5 Å². The van der Waals surface area contributed by atoms with E-state index in [0.29, 0.717) is 5.92 Å². The summed E-state index contributed by atoms with van der Waals surface area (Å²) >= 11 is 0. The van der Waals surface area contributed by atoms with E-state index in [4.69, 9.17) is 0 Å². The maximum atomic E-state index is 3.52. The standard InChI is InChI=1S/C16H21N/c1-12(2)13(3)11-17-16-9-8-14-6-4-5-7-15(14)10-16/h4-10,12-13,17H,11H2,1-3H3. The zero-order chi connectivity index (χ0) is 12.3. The zero-order valence-corrected chi connectivity index (χ0v) is 10.9. The van der Waals surface area contributed by atoms with Crippen LogP contribution in [0.15, 0.2) is 42.5 Å². The Balaban J connectivity index is 2.09. The van der Waals surface area contributed by atoms with Crippen molar-refractivity contribution < 1.29 is 0 Å². The van der Waals surface area contributed by atoms with Gasteiger partial charge in [0.15, 0.2) is 0 Å². The van der Waals surface area contributed by atoms with Gasteiger partial charge in [-0.3, -0.25) is 0 Å². The molecule has 1 nitrogen and oxygen atoms in total. The van der Waals surface area contributed by atoms with Crippen molar-refractivity contribution in [2.75, 3.05) is 11.9 Å². The molecule has 0 heterocycles. The van der Waals surface area contributed by atoms with Crippen LogP contribution in [-0.2, 0) is 0 Å². The first-order chi connectivity index (χ1) is 8.16. The third-order valence-corrected chi connectivity index (χ3v) is 3.52. The number of hydrogen-bond acceptors (Lipinski definition) is 1. The van der Waals surface area contributed by atoms with Crippen LogP contribution in [0.3, 0.4) is 0 Å². The van der Waals surface area contributed by atoms with Crippen molar-refractivity contribution in [2.45, 2.75) is 20.8 Å². The lowest BCUT2D eigenvalue weighted by molar-refractivity contribution is 0.440. The maximum absolute atomic E-state index is 3.52. The normalized spacial score (nSPS) is 12.9. The predicted octanol–water partition coefficient (Wildman–Crippen LogP) is 4.54. The number of rotatable bonds is 4. The smallest absolute Gasteiger partial charge is 0.0346 e. The van der Waals surface area contributed by atoms with E-state index in [2.05, 4.69) is 68.6 Å². The van der Waals surface area contributed by atoms with Crippen LogP contribution in [0.5, 0.6) is 0 Å². The van der Waals surface area contributed by atoms with Gasteiger partial charge in [0.05, 0.1) is 0 Å². The lowest BCUT2D eigenvalue weighted by atomic mass is 9.98. The van der Waals surface area contributed by atoms with Gasteiger partial charge in [-0.1, -0.05) is 51.1 Å². The molecule has 1 heteroatoms. The third-order valence-electron chi connectivity index (χ3n) is 3.52. The Bertz CT molecular complexity index is 488. The SMILES string of the molecule is CC(C)C(C)CNc1ccc2ccccc2c1. The first-order valence-electron chi connectivity index (χ1n) is 6.39. The van der Waals surface area contributed by atoms with Crippen molar-refractivity contribution in [3.8, 4) is 0 Å². The van der Waals surface area contributed by atoms with Gasteiger partial charge in [-0.25, -0.2) is 0 Å². The molecule has 0 amide bonds. The molecule has 17 heavy (non-hydrogen) atoms. The molecule has 0 aliphatic carbocycles. The minimum absolute atomic E-state index is 0.696. The van der Waals surface area contributed by atoms with Crippen molar-refractivity contribution >= 4 is 16.5 Å². The molecule has 0 saturated heterocycles. The molecule has 0 fully saturated rings. The Hall–Kier alpha value is -1.50. The van der Waals surface area contributed by atoms with Gasteiger partial charge in [-0.15, -0.1) is 0 Å². The van der Waals surface area contributed by atoms with Crippen LogP contribution in [0, 0.1) is 11.8 Å². The average Bonchev–Trinajstić information content (AvgIpc) is 2.35. The fourth-order valence-corrected chi connectivity index (χ4v) is 1.81. The van der Waals surface area contributed by atoms with E-state index in [1.165, 1.54) is 16.5 Å². The van der Waals surface area contributed by atoms with E-state index >= 15 is 0 Å². The quantitative estimate of drug-likeness (QED) is 0.808. The van der Waals surface area contributed by atoms with E-state index in [1.807, 2.05) is 0 Å². The van der Waals surface area contributed by atoms with Crippen molar-refractivity contribution in [1.29, 1.82) is 0 Å². The van der Waals surface area contributed by atoms with E-state index < -0.39 is 0 Å². The number of nitrogens with one attached hydrogen (secondary N) is 1. The van der Waals surface area contributed by atoms with Crippen molar-refractivity contribution in [3.05, 3.63) is 42.5 Å². The second-order valence-corrected chi connectivity index (χ2v) is 5.16. The second-order valence-electron chi connectivity index (χ2n) is 5.16. The van der Waals surface area contributed by atoms with Gasteiger partial charge in [0.2, 0.25) is 0 Å². The van der Waals surface area contributed by atoms with Gasteiger partial charge in [0.25, 0.3) is 0 Å². The topological polar surface area (TPSA) is 12.0 Å². The van der Waals surface area contributed by atoms with E-state index in [1.54, 1.807) is 0 Å². The number of hydrogen-bond donors (Lipinski definition) is 1. The number of anilines is 1. The molecular weight excluding hydrogens is 206 g/mol. The molecule has 1 atom stereocenters. The van der Waals surface area contributed by atoms with Gasteiger partial charge in [0, 0.05) is 12.2 Å². The zero-order valence-electron chi connectivity index (χ0n) is 10.9. The summed E-state index contributed by atoms with van der Waals surface area (Å²) in [6, 6.07) is 15.0. The van der Waals surface area contributed by atoms with Gasteiger partial charge in [-0.2, -0.15) is 0 Å². The number of benzene rings is 2. The summed E-state index contributed by atoms with van der Waals surface area (Å²) < 4.78 is 0. The summed E-state index contributed by atoms with van der Waals surface area (Å²) in [6.07, 6.45) is 0. The summed E-state index contributed by atoms with van der Waals surface area (Å²) in [7, 11) is 0. The Kier molecular flexibility index (Phi) is 3.68. The molecule has 1 unspecified atom stereocenters. The number of fused-ring (bicyclic) bond motifs is 1. The first kappa shape index (κ1) is 12.0. The average molecular weight is 227 g/mol. The van der Waals surface area contributed by atoms with Gasteiger partial charge in [0.1, 0.15) is 0 Å².